The maximum Gasteiger partial charge on any atom is 0.226 e. The summed E-state index contributed by atoms with van der Waals surface area (Å²) in [5.74, 6) is 1.11. The highest BCUT2D eigenvalue weighted by molar-refractivity contribution is 5.77. The minimum atomic E-state index is 0.147. The van der Waals surface area contributed by atoms with E-state index in [2.05, 4.69) is 19.2 Å². The first kappa shape index (κ1) is 18.5. The minimum absolute atomic E-state index is 0.147. The van der Waals surface area contributed by atoms with Crippen molar-refractivity contribution in [1.82, 2.24) is 10.2 Å². The number of carbonyl (C=O) groups is 2. The van der Waals surface area contributed by atoms with Crippen LogP contribution < -0.4 is 10.1 Å². The zero-order valence-corrected chi connectivity index (χ0v) is 14.9. The lowest BCUT2D eigenvalue weighted by Gasteiger charge is -2.37. The first-order valence-corrected chi connectivity index (χ1v) is 8.69. The van der Waals surface area contributed by atoms with E-state index in [0.29, 0.717) is 25.5 Å². The SMILES string of the molecule is CC(=O)CCc1ccc(OCCC(=O)N2CC(C)NCC2C)cc1. The van der Waals surface area contributed by atoms with Gasteiger partial charge in [0, 0.05) is 31.6 Å². The zero-order chi connectivity index (χ0) is 17.5. The largest absolute Gasteiger partial charge is 0.493 e. The second-order valence-electron chi connectivity index (χ2n) is 6.65. The van der Waals surface area contributed by atoms with Gasteiger partial charge in [-0.25, -0.2) is 0 Å². The summed E-state index contributed by atoms with van der Waals surface area (Å²) in [5, 5.41) is 3.37. The Hall–Kier alpha value is -1.88. The average Bonchev–Trinajstić information content (AvgIpc) is 2.56. The highest BCUT2D eigenvalue weighted by atomic mass is 16.5. The molecule has 1 aromatic rings. The zero-order valence-electron chi connectivity index (χ0n) is 14.9. The molecule has 0 aliphatic carbocycles. The van der Waals surface area contributed by atoms with Crippen LogP contribution >= 0.6 is 0 Å². The topological polar surface area (TPSA) is 58.6 Å². The Morgan fingerprint density at radius 1 is 1.21 bits per heavy atom. The van der Waals surface area contributed by atoms with Gasteiger partial charge in [-0.15, -0.1) is 0 Å². The van der Waals surface area contributed by atoms with Crippen molar-refractivity contribution < 1.29 is 14.3 Å². The van der Waals surface area contributed by atoms with Crippen molar-refractivity contribution in [2.45, 2.75) is 52.1 Å². The van der Waals surface area contributed by atoms with E-state index in [1.54, 1.807) is 6.92 Å². The Balaban J connectivity index is 1.75. The van der Waals surface area contributed by atoms with Crippen molar-refractivity contribution in [3.8, 4) is 5.75 Å². The van der Waals surface area contributed by atoms with Crippen LogP contribution in [0.5, 0.6) is 5.75 Å². The minimum Gasteiger partial charge on any atom is -0.493 e. The number of piperazine rings is 1. The molecule has 0 bridgehead atoms. The molecule has 5 heteroatoms. The predicted molar refractivity (Wildman–Crippen MR) is 94.2 cm³/mol. The van der Waals surface area contributed by atoms with Crippen LogP contribution in [0.1, 0.15) is 39.2 Å². The highest BCUT2D eigenvalue weighted by Gasteiger charge is 2.26. The first-order chi connectivity index (χ1) is 11.5. The molecule has 0 spiro atoms. The molecule has 0 aromatic heterocycles. The van der Waals surface area contributed by atoms with Gasteiger partial charge in [-0.3, -0.25) is 4.79 Å². The number of nitrogens with one attached hydrogen (secondary N) is 1. The lowest BCUT2D eigenvalue weighted by atomic mass is 10.1. The molecular weight excluding hydrogens is 304 g/mol. The molecule has 1 heterocycles. The standard InChI is InChI=1S/C19H28N2O3/c1-14-13-21(15(2)12-20-14)19(23)10-11-24-18-8-6-17(7-9-18)5-4-16(3)22/h6-9,14-15,20H,4-5,10-13H2,1-3H3. The van der Waals surface area contributed by atoms with Gasteiger partial charge < -0.3 is 19.7 Å². The van der Waals surface area contributed by atoms with Crippen LogP contribution in [0, 0.1) is 0 Å². The second-order valence-corrected chi connectivity index (χ2v) is 6.65. The number of Topliss-reactive ketones (excluding diaryl/α,β-unsaturated/α-hetero) is 1. The number of ketones is 1. The number of rotatable bonds is 7. The van der Waals surface area contributed by atoms with Gasteiger partial charge in [0.05, 0.1) is 13.0 Å². The lowest BCUT2D eigenvalue weighted by molar-refractivity contribution is -0.135. The summed E-state index contributed by atoms with van der Waals surface area (Å²) in [5.41, 5.74) is 1.12. The molecule has 5 nitrogen and oxygen atoms in total. The Labute approximate surface area is 144 Å². The molecule has 24 heavy (non-hydrogen) atoms. The Bertz CT molecular complexity index is 556. The molecule has 1 amide bonds. The third-order valence-electron chi connectivity index (χ3n) is 4.36. The lowest BCUT2D eigenvalue weighted by Crippen LogP contribution is -2.56. The summed E-state index contributed by atoms with van der Waals surface area (Å²) >= 11 is 0. The number of carbonyl (C=O) groups excluding carboxylic acids is 2. The van der Waals surface area contributed by atoms with E-state index >= 15 is 0 Å². The van der Waals surface area contributed by atoms with Crippen molar-refractivity contribution in [3.05, 3.63) is 29.8 Å². The Morgan fingerprint density at radius 2 is 1.92 bits per heavy atom. The molecule has 2 rings (SSSR count). The van der Waals surface area contributed by atoms with Crippen molar-refractivity contribution >= 4 is 11.7 Å². The van der Waals surface area contributed by atoms with Crippen LogP contribution in [0.15, 0.2) is 24.3 Å². The monoisotopic (exact) mass is 332 g/mol. The van der Waals surface area contributed by atoms with Gasteiger partial charge in [0.15, 0.2) is 0 Å². The molecular formula is C19H28N2O3. The van der Waals surface area contributed by atoms with Gasteiger partial charge in [0.1, 0.15) is 11.5 Å². The van der Waals surface area contributed by atoms with E-state index in [1.807, 2.05) is 29.2 Å². The second kappa shape index (κ2) is 8.83. The highest BCUT2D eigenvalue weighted by Crippen LogP contribution is 2.14. The molecule has 1 fully saturated rings. The van der Waals surface area contributed by atoms with Crippen LogP contribution in [0.2, 0.25) is 0 Å². The predicted octanol–water partition coefficient (Wildman–Crippen LogP) is 2.19. The average molecular weight is 332 g/mol. The Morgan fingerprint density at radius 3 is 2.58 bits per heavy atom. The van der Waals surface area contributed by atoms with Crippen LogP contribution in [0.4, 0.5) is 0 Å². The van der Waals surface area contributed by atoms with E-state index in [-0.39, 0.29) is 17.7 Å². The fourth-order valence-corrected chi connectivity index (χ4v) is 2.84. The van der Waals surface area contributed by atoms with Crippen molar-refractivity contribution in [3.63, 3.8) is 0 Å². The molecule has 1 aliphatic rings. The third-order valence-corrected chi connectivity index (χ3v) is 4.36. The maximum absolute atomic E-state index is 12.3. The van der Waals surface area contributed by atoms with Gasteiger partial charge in [0.25, 0.3) is 0 Å². The van der Waals surface area contributed by atoms with Crippen LogP contribution in [-0.2, 0) is 16.0 Å². The number of hydrogen-bond donors (Lipinski definition) is 1. The van der Waals surface area contributed by atoms with Crippen molar-refractivity contribution in [1.29, 1.82) is 0 Å². The summed E-state index contributed by atoms with van der Waals surface area (Å²) < 4.78 is 5.68. The number of amides is 1. The molecule has 1 aromatic carbocycles. The smallest absolute Gasteiger partial charge is 0.226 e. The van der Waals surface area contributed by atoms with Gasteiger partial charge in [-0.05, 0) is 44.9 Å². The normalized spacial score (nSPS) is 20.7. The summed E-state index contributed by atoms with van der Waals surface area (Å²) in [6.07, 6.45) is 1.71. The van der Waals surface area contributed by atoms with E-state index in [0.717, 1.165) is 30.8 Å². The Kier molecular flexibility index (Phi) is 6.79. The van der Waals surface area contributed by atoms with E-state index < -0.39 is 0 Å². The molecule has 2 unspecified atom stereocenters. The van der Waals surface area contributed by atoms with Crippen LogP contribution in [0.3, 0.4) is 0 Å². The molecule has 0 saturated carbocycles. The molecule has 0 radical (unpaired) electrons. The van der Waals surface area contributed by atoms with E-state index in [1.165, 1.54) is 0 Å². The number of benzene rings is 1. The summed E-state index contributed by atoms with van der Waals surface area (Å²) in [6.45, 7) is 7.75. The van der Waals surface area contributed by atoms with Gasteiger partial charge >= 0.3 is 0 Å². The van der Waals surface area contributed by atoms with E-state index in [4.69, 9.17) is 4.74 Å². The van der Waals surface area contributed by atoms with Crippen LogP contribution in [-0.4, -0.2) is 48.4 Å². The van der Waals surface area contributed by atoms with E-state index in [9.17, 15) is 9.59 Å². The third kappa shape index (κ3) is 5.64. The first-order valence-electron chi connectivity index (χ1n) is 8.69. The molecule has 1 aliphatic heterocycles. The quantitative estimate of drug-likeness (QED) is 0.831. The molecule has 2 atom stereocenters. The maximum atomic E-state index is 12.3. The van der Waals surface area contributed by atoms with Gasteiger partial charge in [-0.2, -0.15) is 0 Å². The molecule has 132 valence electrons. The van der Waals surface area contributed by atoms with Gasteiger partial charge in [0.2, 0.25) is 5.91 Å². The van der Waals surface area contributed by atoms with Crippen molar-refractivity contribution in [2.75, 3.05) is 19.7 Å². The fraction of sp³-hybridized carbons (Fsp3) is 0.579. The summed E-state index contributed by atoms with van der Waals surface area (Å²) in [7, 11) is 0. The summed E-state index contributed by atoms with van der Waals surface area (Å²) in [4.78, 5) is 25.3. The van der Waals surface area contributed by atoms with Gasteiger partial charge in [-0.1, -0.05) is 12.1 Å². The molecule has 1 N–H and O–H groups in total. The number of hydrogen-bond acceptors (Lipinski definition) is 4. The summed E-state index contributed by atoms with van der Waals surface area (Å²) in [6, 6.07) is 8.31. The van der Waals surface area contributed by atoms with Crippen molar-refractivity contribution in [2.24, 2.45) is 0 Å². The van der Waals surface area contributed by atoms with Crippen LogP contribution in [0.25, 0.3) is 0 Å². The number of nitrogens with zero attached hydrogens (tertiary/aromatic N) is 1. The number of ether oxygens (including phenoxy) is 1. The fourth-order valence-electron chi connectivity index (χ4n) is 2.84. The molecule has 1 saturated heterocycles. The number of aryl methyl sites for hydroxylation is 1.